The number of pyridine rings is 2. The van der Waals surface area contributed by atoms with Crippen molar-refractivity contribution < 1.29 is 8.42 Å². The van der Waals surface area contributed by atoms with Crippen molar-refractivity contribution in [3.8, 4) is 23.1 Å². The average Bonchev–Trinajstić information content (AvgIpc) is 3.59. The smallest absolute Gasteiger partial charge is 0.229 e. The van der Waals surface area contributed by atoms with Crippen LogP contribution in [0.5, 0.6) is 0 Å². The van der Waals surface area contributed by atoms with Gasteiger partial charge in [0.1, 0.15) is 0 Å². The first-order valence-corrected chi connectivity index (χ1v) is 12.2. The van der Waals surface area contributed by atoms with Crippen molar-refractivity contribution in [1.29, 1.82) is 0 Å². The molecule has 0 spiro atoms. The van der Waals surface area contributed by atoms with Gasteiger partial charge >= 0.3 is 0 Å². The van der Waals surface area contributed by atoms with Gasteiger partial charge in [0.05, 0.1) is 34.6 Å². The molecule has 3 aromatic rings. The Kier molecular flexibility index (Phi) is 5.80. The number of sulfonamides is 1. The second kappa shape index (κ2) is 8.55. The Morgan fingerprint density at radius 1 is 1.16 bits per heavy atom. The van der Waals surface area contributed by atoms with Crippen LogP contribution in [0.3, 0.4) is 0 Å². The minimum absolute atomic E-state index is 0.185. The highest BCUT2D eigenvalue weighted by Crippen LogP contribution is 2.39. The first-order chi connectivity index (χ1) is 15.2. The lowest BCUT2D eigenvalue weighted by Gasteiger charge is -2.10. The second-order valence-corrected chi connectivity index (χ2v) is 9.58. The van der Waals surface area contributed by atoms with Gasteiger partial charge in [-0.15, -0.1) is 0 Å². The fourth-order valence-corrected chi connectivity index (χ4v) is 3.93. The summed E-state index contributed by atoms with van der Waals surface area (Å²) in [6, 6.07) is 5.68. The lowest BCUT2D eigenvalue weighted by molar-refractivity contribution is 0.606. The summed E-state index contributed by atoms with van der Waals surface area (Å²) in [4.78, 5) is 17.7. The number of nitrogens with two attached hydrogens (primary N) is 1. The van der Waals surface area contributed by atoms with Gasteiger partial charge in [-0.3, -0.25) is 14.7 Å². The van der Waals surface area contributed by atoms with Crippen LogP contribution in [-0.2, 0) is 16.4 Å². The van der Waals surface area contributed by atoms with Crippen molar-refractivity contribution in [3.63, 3.8) is 0 Å². The first-order valence-electron chi connectivity index (χ1n) is 10.3. The van der Waals surface area contributed by atoms with Gasteiger partial charge in [0.2, 0.25) is 16.0 Å². The minimum atomic E-state index is -3.43. The highest BCUT2D eigenvalue weighted by Gasteiger charge is 2.25. The number of nitrogens with zero attached hydrogens (tertiary/aromatic N) is 4. The molecule has 1 aliphatic rings. The van der Waals surface area contributed by atoms with E-state index in [0.29, 0.717) is 40.5 Å². The minimum Gasteiger partial charge on any atom is -0.368 e. The van der Waals surface area contributed by atoms with E-state index in [4.69, 9.17) is 5.73 Å². The summed E-state index contributed by atoms with van der Waals surface area (Å²) in [5.41, 5.74) is 11.4. The number of hydrogen-bond donors (Lipinski definition) is 2. The van der Waals surface area contributed by atoms with Gasteiger partial charge in [-0.2, -0.15) is 0 Å². The van der Waals surface area contributed by atoms with Crippen LogP contribution in [0.1, 0.15) is 53.9 Å². The van der Waals surface area contributed by atoms with Gasteiger partial charge in [-0.1, -0.05) is 18.8 Å². The zero-order valence-corrected chi connectivity index (χ0v) is 19.0. The van der Waals surface area contributed by atoms with E-state index in [0.717, 1.165) is 23.2 Å². The molecule has 4 rings (SSSR count). The van der Waals surface area contributed by atoms with E-state index >= 15 is 0 Å². The van der Waals surface area contributed by atoms with Gasteiger partial charge in [0.15, 0.2) is 0 Å². The predicted octanol–water partition coefficient (Wildman–Crippen LogP) is 3.04. The highest BCUT2D eigenvalue weighted by molar-refractivity contribution is 7.92. The molecule has 32 heavy (non-hydrogen) atoms. The molecule has 3 aromatic heterocycles. The number of nitrogens with one attached hydrogen (secondary N) is 1. The van der Waals surface area contributed by atoms with Gasteiger partial charge in [-0.05, 0) is 44.4 Å². The van der Waals surface area contributed by atoms with Gasteiger partial charge in [0, 0.05) is 35.1 Å². The van der Waals surface area contributed by atoms with Crippen LogP contribution in [0.15, 0.2) is 30.6 Å². The van der Waals surface area contributed by atoms with E-state index in [1.807, 2.05) is 25.3 Å². The molecule has 3 N–H and O–H groups in total. The van der Waals surface area contributed by atoms with Crippen molar-refractivity contribution in [3.05, 3.63) is 58.8 Å². The molecule has 1 saturated carbocycles. The monoisotopic (exact) mass is 448 g/mol. The van der Waals surface area contributed by atoms with Gasteiger partial charge < -0.3 is 5.73 Å². The summed E-state index contributed by atoms with van der Waals surface area (Å²) in [6.45, 7) is 3.71. The van der Waals surface area contributed by atoms with Crippen molar-refractivity contribution in [2.24, 2.45) is 0 Å². The van der Waals surface area contributed by atoms with Crippen molar-refractivity contribution in [1.82, 2.24) is 19.9 Å². The van der Waals surface area contributed by atoms with Crippen LogP contribution in [0.4, 0.5) is 11.6 Å². The van der Waals surface area contributed by atoms with E-state index in [1.54, 1.807) is 19.2 Å². The summed E-state index contributed by atoms with van der Waals surface area (Å²) < 4.78 is 25.7. The second-order valence-electron chi connectivity index (χ2n) is 7.83. The number of aromatic nitrogens is 4. The molecule has 1 fully saturated rings. The number of aryl methyl sites for hydroxylation is 2. The van der Waals surface area contributed by atoms with Crippen LogP contribution in [0.2, 0.25) is 0 Å². The van der Waals surface area contributed by atoms with Crippen LogP contribution in [0.25, 0.3) is 11.3 Å². The van der Waals surface area contributed by atoms with E-state index in [1.165, 1.54) is 12.8 Å². The van der Waals surface area contributed by atoms with E-state index < -0.39 is 10.0 Å². The molecule has 0 radical (unpaired) electrons. The lowest BCUT2D eigenvalue weighted by Crippen LogP contribution is -2.11. The fraction of sp³-hybridized carbons (Fsp3) is 0.304. The summed E-state index contributed by atoms with van der Waals surface area (Å²) in [6.07, 6.45) is 7.50. The standard InChI is InChI=1S/C23H24N6O2S/c1-4-19-18(9-5-15-11-21(14(2)25-12-15)29-32(3,30)31)22(28-23(24)27-19)17-8-10-20(26-13-17)16-6-7-16/h8,10-13,16,29H,4,6-7H2,1-3H3,(H2,24,27,28). The number of hydrogen-bond acceptors (Lipinski definition) is 7. The number of anilines is 2. The molecule has 0 unspecified atom stereocenters. The highest BCUT2D eigenvalue weighted by atomic mass is 32.2. The summed E-state index contributed by atoms with van der Waals surface area (Å²) in [5.74, 6) is 6.98. The SMILES string of the molecule is CCc1nc(N)nc(-c2ccc(C3CC3)nc2)c1C#Cc1cnc(C)c(NS(C)(=O)=O)c1. The molecular weight excluding hydrogens is 424 g/mol. The molecule has 1 aliphatic carbocycles. The van der Waals surface area contributed by atoms with Crippen molar-refractivity contribution in [2.45, 2.75) is 39.0 Å². The molecule has 8 nitrogen and oxygen atoms in total. The number of nitrogen functional groups attached to an aromatic ring is 1. The van der Waals surface area contributed by atoms with E-state index in [9.17, 15) is 8.42 Å². The maximum absolute atomic E-state index is 11.6. The summed E-state index contributed by atoms with van der Waals surface area (Å²) in [5, 5.41) is 0. The quantitative estimate of drug-likeness (QED) is 0.575. The third kappa shape index (κ3) is 5.03. The van der Waals surface area contributed by atoms with Crippen molar-refractivity contribution in [2.75, 3.05) is 16.7 Å². The normalized spacial score (nSPS) is 13.3. The summed E-state index contributed by atoms with van der Waals surface area (Å²) in [7, 11) is -3.43. The van der Waals surface area contributed by atoms with Crippen LogP contribution < -0.4 is 10.5 Å². The van der Waals surface area contributed by atoms with Crippen LogP contribution in [0, 0.1) is 18.8 Å². The van der Waals surface area contributed by atoms with E-state index in [-0.39, 0.29) is 5.95 Å². The largest absolute Gasteiger partial charge is 0.368 e. The molecule has 0 amide bonds. The fourth-order valence-electron chi connectivity index (χ4n) is 3.33. The Morgan fingerprint density at radius 2 is 1.94 bits per heavy atom. The molecule has 9 heteroatoms. The molecule has 3 heterocycles. The Morgan fingerprint density at radius 3 is 2.56 bits per heavy atom. The maximum atomic E-state index is 11.6. The van der Waals surface area contributed by atoms with E-state index in [2.05, 4.69) is 36.5 Å². The third-order valence-corrected chi connectivity index (χ3v) is 5.70. The Bertz CT molecular complexity index is 1340. The van der Waals surface area contributed by atoms with Gasteiger partial charge in [0.25, 0.3) is 0 Å². The van der Waals surface area contributed by atoms with Crippen molar-refractivity contribution >= 4 is 21.7 Å². The molecule has 164 valence electrons. The topological polar surface area (TPSA) is 124 Å². The maximum Gasteiger partial charge on any atom is 0.229 e. The average molecular weight is 449 g/mol. The number of rotatable bonds is 5. The molecule has 0 saturated heterocycles. The molecule has 0 bridgehead atoms. The van der Waals surface area contributed by atoms with Crippen LogP contribution in [-0.4, -0.2) is 34.6 Å². The Labute approximate surface area is 187 Å². The molecule has 0 atom stereocenters. The predicted molar refractivity (Wildman–Crippen MR) is 124 cm³/mol. The molecule has 0 aromatic carbocycles. The molecule has 0 aliphatic heterocycles. The first kappa shape index (κ1) is 21.7. The molecular formula is C23H24N6O2S. The third-order valence-electron chi connectivity index (χ3n) is 5.11. The summed E-state index contributed by atoms with van der Waals surface area (Å²) >= 11 is 0. The zero-order chi connectivity index (χ0) is 22.9. The Hall–Kier alpha value is -3.51. The lowest BCUT2D eigenvalue weighted by atomic mass is 10.0. The van der Waals surface area contributed by atoms with Crippen LogP contribution >= 0.6 is 0 Å². The Balaban J connectivity index is 1.76. The van der Waals surface area contributed by atoms with Gasteiger partial charge in [-0.25, -0.2) is 18.4 Å². The zero-order valence-electron chi connectivity index (χ0n) is 18.2.